The van der Waals surface area contributed by atoms with E-state index in [2.05, 4.69) is 4.98 Å². The number of aromatic nitrogens is 1. The summed E-state index contributed by atoms with van der Waals surface area (Å²) in [5.74, 6) is -1.35. The third kappa shape index (κ3) is 3.99. The van der Waals surface area contributed by atoms with Crippen LogP contribution in [-0.4, -0.2) is 17.6 Å². The zero-order valence-electron chi connectivity index (χ0n) is 14.0. The third-order valence-corrected chi connectivity index (χ3v) is 4.18. The summed E-state index contributed by atoms with van der Waals surface area (Å²) >= 11 is 0. The number of hydrogen-bond acceptors (Lipinski definition) is 2. The fraction of sp³-hybridized carbons (Fsp3) is 0.158. The molecular formula is C19H15F4N3O. The lowest BCUT2D eigenvalue weighted by atomic mass is 10.1. The summed E-state index contributed by atoms with van der Waals surface area (Å²) in [5, 5.41) is 1.56. The monoisotopic (exact) mass is 377 g/mol. The van der Waals surface area contributed by atoms with Gasteiger partial charge in [-0.1, -0.05) is 18.2 Å². The number of benzene rings is 2. The normalized spacial score (nSPS) is 11.6. The molecule has 0 aliphatic carbocycles. The number of amides is 2. The predicted octanol–water partition coefficient (Wildman–Crippen LogP) is 4.52. The van der Waals surface area contributed by atoms with Crippen LogP contribution in [0.1, 0.15) is 11.1 Å². The van der Waals surface area contributed by atoms with Crippen LogP contribution < -0.4 is 10.6 Å². The molecular weight excluding hydrogens is 362 g/mol. The number of nitrogens with two attached hydrogens (primary N) is 1. The highest BCUT2D eigenvalue weighted by Crippen LogP contribution is 2.32. The van der Waals surface area contributed by atoms with Gasteiger partial charge in [-0.15, -0.1) is 0 Å². The Kier molecular flexibility index (Phi) is 4.98. The highest BCUT2D eigenvalue weighted by atomic mass is 19.4. The maximum absolute atomic E-state index is 13.7. The molecule has 4 nitrogen and oxygen atoms in total. The molecule has 8 heteroatoms. The van der Waals surface area contributed by atoms with Gasteiger partial charge in [-0.2, -0.15) is 13.2 Å². The van der Waals surface area contributed by atoms with Gasteiger partial charge in [0, 0.05) is 29.7 Å². The number of fused-ring (bicyclic) bond motifs is 1. The lowest BCUT2D eigenvalue weighted by Gasteiger charge is -2.22. The summed E-state index contributed by atoms with van der Waals surface area (Å²) in [4.78, 5) is 17.3. The van der Waals surface area contributed by atoms with Crippen molar-refractivity contribution in [2.45, 2.75) is 12.6 Å². The second kappa shape index (κ2) is 7.22. The van der Waals surface area contributed by atoms with E-state index in [0.29, 0.717) is 17.3 Å². The number of carbonyl (C=O) groups excluding carboxylic acids is 1. The molecule has 2 N–H and O–H groups in total. The van der Waals surface area contributed by atoms with Crippen molar-refractivity contribution in [1.82, 2.24) is 4.98 Å². The number of alkyl halides is 3. The van der Waals surface area contributed by atoms with Crippen molar-refractivity contribution in [2.24, 2.45) is 5.73 Å². The van der Waals surface area contributed by atoms with E-state index in [4.69, 9.17) is 5.73 Å². The van der Waals surface area contributed by atoms with Crippen molar-refractivity contribution in [1.29, 1.82) is 0 Å². The molecule has 0 unspecified atom stereocenters. The molecule has 0 radical (unpaired) electrons. The Morgan fingerprint density at radius 1 is 1.15 bits per heavy atom. The molecule has 0 atom stereocenters. The van der Waals surface area contributed by atoms with Crippen LogP contribution in [-0.2, 0) is 12.6 Å². The minimum Gasteiger partial charge on any atom is -0.351 e. The van der Waals surface area contributed by atoms with Gasteiger partial charge in [0.05, 0.1) is 11.3 Å². The molecule has 1 aromatic heterocycles. The molecule has 3 aromatic rings. The number of pyridine rings is 1. The molecule has 0 saturated carbocycles. The molecule has 0 fully saturated rings. The smallest absolute Gasteiger partial charge is 0.351 e. The van der Waals surface area contributed by atoms with Crippen LogP contribution in [0.15, 0.2) is 54.9 Å². The Hall–Kier alpha value is -3.16. The van der Waals surface area contributed by atoms with Crippen molar-refractivity contribution in [3.8, 4) is 0 Å². The quantitative estimate of drug-likeness (QED) is 0.680. The number of urea groups is 1. The number of anilines is 1. The molecule has 1 heterocycles. The SMILES string of the molecule is NC(=O)N(CCc1ccc(C(F)(F)F)c(F)c1)c1cccc2cnccc12. The number of nitrogens with zero attached hydrogens (tertiary/aromatic N) is 2. The number of carbonyl (C=O) groups is 1. The van der Waals surface area contributed by atoms with Crippen LogP contribution in [0.3, 0.4) is 0 Å². The molecule has 27 heavy (non-hydrogen) atoms. The minimum absolute atomic E-state index is 0.0849. The number of hydrogen-bond donors (Lipinski definition) is 1. The number of primary amides is 1. The molecule has 2 aromatic carbocycles. The average molecular weight is 377 g/mol. The maximum Gasteiger partial charge on any atom is 0.419 e. The van der Waals surface area contributed by atoms with Crippen LogP contribution in [0.25, 0.3) is 10.8 Å². The van der Waals surface area contributed by atoms with Gasteiger partial charge in [-0.25, -0.2) is 9.18 Å². The molecule has 0 bridgehead atoms. The summed E-state index contributed by atoms with van der Waals surface area (Å²) in [6.07, 6.45) is -1.39. The van der Waals surface area contributed by atoms with Gasteiger partial charge in [0.15, 0.2) is 0 Å². The highest BCUT2D eigenvalue weighted by molar-refractivity contribution is 6.02. The molecule has 2 amide bonds. The lowest BCUT2D eigenvalue weighted by Crippen LogP contribution is -2.37. The van der Waals surface area contributed by atoms with E-state index in [1.165, 1.54) is 11.0 Å². The van der Waals surface area contributed by atoms with E-state index in [9.17, 15) is 22.4 Å². The van der Waals surface area contributed by atoms with Crippen molar-refractivity contribution >= 4 is 22.5 Å². The zero-order chi connectivity index (χ0) is 19.6. The van der Waals surface area contributed by atoms with E-state index in [-0.39, 0.29) is 13.0 Å². The molecule has 0 aliphatic rings. The van der Waals surface area contributed by atoms with Gasteiger partial charge in [0.25, 0.3) is 0 Å². The predicted molar refractivity (Wildman–Crippen MR) is 93.8 cm³/mol. The maximum atomic E-state index is 13.7. The van der Waals surface area contributed by atoms with E-state index in [1.54, 1.807) is 30.6 Å². The summed E-state index contributed by atoms with van der Waals surface area (Å²) < 4.78 is 51.7. The van der Waals surface area contributed by atoms with Crippen molar-refractivity contribution < 1.29 is 22.4 Å². The van der Waals surface area contributed by atoms with E-state index >= 15 is 0 Å². The molecule has 0 spiro atoms. The average Bonchev–Trinajstić information content (AvgIpc) is 2.60. The van der Waals surface area contributed by atoms with E-state index in [1.807, 2.05) is 6.07 Å². The van der Waals surface area contributed by atoms with Crippen LogP contribution in [0, 0.1) is 5.82 Å². The van der Waals surface area contributed by atoms with Gasteiger partial charge >= 0.3 is 12.2 Å². The van der Waals surface area contributed by atoms with Crippen LogP contribution in [0.2, 0.25) is 0 Å². The second-order valence-corrected chi connectivity index (χ2v) is 5.93. The Morgan fingerprint density at radius 3 is 2.59 bits per heavy atom. The highest BCUT2D eigenvalue weighted by Gasteiger charge is 2.33. The van der Waals surface area contributed by atoms with E-state index in [0.717, 1.165) is 16.8 Å². The summed E-state index contributed by atoms with van der Waals surface area (Å²) in [7, 11) is 0. The van der Waals surface area contributed by atoms with Crippen LogP contribution >= 0.6 is 0 Å². The molecule has 3 rings (SSSR count). The van der Waals surface area contributed by atoms with Crippen LogP contribution in [0.5, 0.6) is 0 Å². The Bertz CT molecular complexity index is 983. The first-order valence-electron chi connectivity index (χ1n) is 8.02. The Labute approximate surface area is 152 Å². The fourth-order valence-corrected chi connectivity index (χ4v) is 2.88. The number of rotatable bonds is 4. The van der Waals surface area contributed by atoms with Gasteiger partial charge in [0.1, 0.15) is 5.82 Å². The van der Waals surface area contributed by atoms with Crippen molar-refractivity contribution in [2.75, 3.05) is 11.4 Å². The Balaban J connectivity index is 1.86. The number of halogens is 4. The fourth-order valence-electron chi connectivity index (χ4n) is 2.88. The first-order valence-corrected chi connectivity index (χ1v) is 8.02. The van der Waals surface area contributed by atoms with Gasteiger partial charge in [-0.05, 0) is 36.2 Å². The second-order valence-electron chi connectivity index (χ2n) is 5.93. The minimum atomic E-state index is -4.75. The molecule has 0 saturated heterocycles. The van der Waals surface area contributed by atoms with Crippen molar-refractivity contribution in [3.63, 3.8) is 0 Å². The van der Waals surface area contributed by atoms with Gasteiger partial charge < -0.3 is 5.73 Å². The van der Waals surface area contributed by atoms with Crippen LogP contribution in [0.4, 0.5) is 28.0 Å². The standard InChI is InChI=1S/C19H15F4N3O/c20-16-10-12(4-5-15(16)19(21,22)23)7-9-26(18(24)27)17-3-1-2-13-11-25-8-6-14(13)17/h1-6,8,10-11H,7,9H2,(H2,24,27). The topological polar surface area (TPSA) is 59.2 Å². The van der Waals surface area contributed by atoms with Crippen molar-refractivity contribution in [3.05, 3.63) is 71.8 Å². The van der Waals surface area contributed by atoms with E-state index < -0.39 is 23.6 Å². The van der Waals surface area contributed by atoms with Gasteiger partial charge in [0.2, 0.25) is 0 Å². The third-order valence-electron chi connectivity index (χ3n) is 4.18. The molecule has 0 aliphatic heterocycles. The first kappa shape index (κ1) is 18.6. The molecule has 140 valence electrons. The summed E-state index contributed by atoms with van der Waals surface area (Å²) in [6, 6.07) is 9.02. The summed E-state index contributed by atoms with van der Waals surface area (Å²) in [6.45, 7) is 0.0849. The van der Waals surface area contributed by atoms with Gasteiger partial charge in [-0.3, -0.25) is 9.88 Å². The first-order chi connectivity index (χ1) is 12.8. The largest absolute Gasteiger partial charge is 0.419 e. The Morgan fingerprint density at radius 2 is 1.93 bits per heavy atom. The zero-order valence-corrected chi connectivity index (χ0v) is 14.0. The summed E-state index contributed by atoms with van der Waals surface area (Å²) in [5.41, 5.74) is 5.04. The lowest BCUT2D eigenvalue weighted by molar-refractivity contribution is -0.140.